The summed E-state index contributed by atoms with van der Waals surface area (Å²) >= 11 is 0. The number of nitrogens with one attached hydrogen (secondary N) is 2. The van der Waals surface area contributed by atoms with Gasteiger partial charge in [-0.1, -0.05) is 0 Å². The molecular weight excluding hydrogens is 290 g/mol. The second-order valence-corrected chi connectivity index (χ2v) is 6.41. The fraction of sp³-hybridized carbons (Fsp3) is 0.357. The van der Waals surface area contributed by atoms with E-state index in [0.717, 1.165) is 5.76 Å². The Bertz CT molecular complexity index is 710. The summed E-state index contributed by atoms with van der Waals surface area (Å²) in [5, 5.41) is 2.99. The number of furan rings is 1. The molecule has 21 heavy (non-hydrogen) atoms. The monoisotopic (exact) mass is 309 g/mol. The zero-order valence-electron chi connectivity index (χ0n) is 12.3. The van der Waals surface area contributed by atoms with Crippen molar-refractivity contribution in [2.24, 2.45) is 0 Å². The quantitative estimate of drug-likeness (QED) is 0.856. The second kappa shape index (κ2) is 6.28. The molecule has 0 saturated carbocycles. The van der Waals surface area contributed by atoms with Crippen LogP contribution in [0.25, 0.3) is 0 Å². The number of sulfonamides is 1. The first-order valence-corrected chi connectivity index (χ1v) is 8.19. The first-order valence-electron chi connectivity index (χ1n) is 6.71. The predicted molar refractivity (Wildman–Crippen MR) is 80.6 cm³/mol. The second-order valence-electron chi connectivity index (χ2n) is 4.70. The van der Waals surface area contributed by atoms with Gasteiger partial charge in [0, 0.05) is 18.8 Å². The number of rotatable bonds is 6. The molecule has 1 unspecified atom stereocenters. The highest BCUT2D eigenvalue weighted by Gasteiger charge is 2.20. The lowest BCUT2D eigenvalue weighted by Crippen LogP contribution is -2.26. The molecule has 0 aliphatic rings. The molecule has 0 bridgehead atoms. The van der Waals surface area contributed by atoms with Crippen molar-refractivity contribution in [3.8, 4) is 0 Å². The third kappa shape index (κ3) is 3.83. The lowest BCUT2D eigenvalue weighted by atomic mass is 10.3. The van der Waals surface area contributed by atoms with E-state index >= 15 is 0 Å². The zero-order chi connectivity index (χ0) is 15.5. The number of anilines is 1. The summed E-state index contributed by atoms with van der Waals surface area (Å²) in [7, 11) is -3.63. The summed E-state index contributed by atoms with van der Waals surface area (Å²) < 4.78 is 32.8. The Balaban J connectivity index is 2.19. The van der Waals surface area contributed by atoms with Crippen LogP contribution in [0.1, 0.15) is 31.4 Å². The molecule has 1 atom stereocenters. The molecule has 2 aromatic rings. The molecule has 0 radical (unpaired) electrons. The summed E-state index contributed by atoms with van der Waals surface area (Å²) in [5.41, 5.74) is 0. The van der Waals surface area contributed by atoms with Crippen molar-refractivity contribution in [3.63, 3.8) is 0 Å². The van der Waals surface area contributed by atoms with Gasteiger partial charge in [-0.25, -0.2) is 18.1 Å². The van der Waals surface area contributed by atoms with Crippen molar-refractivity contribution in [1.82, 2.24) is 9.71 Å². The third-order valence-corrected chi connectivity index (χ3v) is 4.46. The molecule has 0 aromatic carbocycles. The maximum absolute atomic E-state index is 12.4. The smallest absolute Gasteiger partial charge is 0.241 e. The van der Waals surface area contributed by atoms with Crippen molar-refractivity contribution in [1.29, 1.82) is 0 Å². The number of hydrogen-bond acceptors (Lipinski definition) is 5. The number of aromatic nitrogens is 1. The SMILES string of the molecule is CCNc1cc(S(=O)(=O)NC(C)c2ccc(C)o2)ccn1. The third-order valence-electron chi connectivity index (χ3n) is 2.92. The van der Waals surface area contributed by atoms with Crippen molar-refractivity contribution in [2.75, 3.05) is 11.9 Å². The molecule has 6 nitrogen and oxygen atoms in total. The Morgan fingerprint density at radius 3 is 2.71 bits per heavy atom. The molecule has 2 N–H and O–H groups in total. The molecular formula is C14H19N3O3S. The average Bonchev–Trinajstić information content (AvgIpc) is 2.86. The summed E-state index contributed by atoms with van der Waals surface area (Å²) in [6.07, 6.45) is 1.47. The molecule has 7 heteroatoms. The van der Waals surface area contributed by atoms with Gasteiger partial charge in [0.25, 0.3) is 0 Å². The number of aryl methyl sites for hydroxylation is 1. The Morgan fingerprint density at radius 1 is 1.33 bits per heavy atom. The molecule has 0 fully saturated rings. The normalized spacial score (nSPS) is 13.1. The van der Waals surface area contributed by atoms with E-state index in [-0.39, 0.29) is 4.90 Å². The largest absolute Gasteiger partial charge is 0.465 e. The van der Waals surface area contributed by atoms with Crippen LogP contribution in [0.3, 0.4) is 0 Å². The van der Waals surface area contributed by atoms with Crippen LogP contribution in [-0.2, 0) is 10.0 Å². The number of nitrogens with zero attached hydrogens (tertiary/aromatic N) is 1. The van der Waals surface area contributed by atoms with Gasteiger partial charge >= 0.3 is 0 Å². The summed E-state index contributed by atoms with van der Waals surface area (Å²) in [4.78, 5) is 4.23. The van der Waals surface area contributed by atoms with Crippen LogP contribution in [0.2, 0.25) is 0 Å². The molecule has 0 aliphatic carbocycles. The molecule has 2 rings (SSSR count). The predicted octanol–water partition coefficient (Wildman–Crippen LogP) is 2.45. The van der Waals surface area contributed by atoms with E-state index in [1.54, 1.807) is 19.1 Å². The van der Waals surface area contributed by atoms with Gasteiger partial charge in [-0.3, -0.25) is 0 Å². The number of pyridine rings is 1. The maximum Gasteiger partial charge on any atom is 0.241 e. The van der Waals surface area contributed by atoms with E-state index in [4.69, 9.17) is 4.42 Å². The average molecular weight is 309 g/mol. The van der Waals surface area contributed by atoms with Crippen LogP contribution in [-0.4, -0.2) is 19.9 Å². The van der Waals surface area contributed by atoms with E-state index in [1.807, 2.05) is 13.8 Å². The molecule has 2 heterocycles. The van der Waals surface area contributed by atoms with E-state index in [2.05, 4.69) is 15.0 Å². The minimum atomic E-state index is -3.63. The summed E-state index contributed by atoms with van der Waals surface area (Å²) in [6.45, 7) is 6.15. The van der Waals surface area contributed by atoms with E-state index < -0.39 is 16.1 Å². The zero-order valence-corrected chi connectivity index (χ0v) is 13.1. The Morgan fingerprint density at radius 2 is 2.10 bits per heavy atom. The minimum absolute atomic E-state index is 0.170. The Labute approximate surface area is 124 Å². The van der Waals surface area contributed by atoms with Crippen molar-refractivity contribution in [2.45, 2.75) is 31.7 Å². The summed E-state index contributed by atoms with van der Waals surface area (Å²) in [5.74, 6) is 1.85. The Kier molecular flexibility index (Phi) is 4.64. The standard InChI is InChI=1S/C14H19N3O3S/c1-4-15-14-9-12(7-8-16-14)21(18,19)17-11(3)13-6-5-10(2)20-13/h5-9,11,17H,4H2,1-3H3,(H,15,16). The van der Waals surface area contributed by atoms with Crippen LogP contribution in [0, 0.1) is 6.92 Å². The molecule has 2 aromatic heterocycles. The van der Waals surface area contributed by atoms with E-state index in [9.17, 15) is 8.42 Å². The molecule has 0 saturated heterocycles. The summed E-state index contributed by atoms with van der Waals surface area (Å²) in [6, 6.07) is 6.09. The lowest BCUT2D eigenvalue weighted by molar-refractivity contribution is 0.441. The molecule has 0 aliphatic heterocycles. The first kappa shape index (κ1) is 15.5. The van der Waals surface area contributed by atoms with Gasteiger partial charge in [0.15, 0.2) is 0 Å². The van der Waals surface area contributed by atoms with Gasteiger partial charge in [0.2, 0.25) is 10.0 Å². The lowest BCUT2D eigenvalue weighted by Gasteiger charge is -2.13. The van der Waals surface area contributed by atoms with Gasteiger partial charge in [-0.2, -0.15) is 0 Å². The van der Waals surface area contributed by atoms with Crippen molar-refractivity contribution >= 4 is 15.8 Å². The Hall–Kier alpha value is -1.86. The maximum atomic E-state index is 12.4. The van der Waals surface area contributed by atoms with E-state index in [0.29, 0.717) is 18.1 Å². The van der Waals surface area contributed by atoms with Crippen LogP contribution >= 0.6 is 0 Å². The van der Waals surface area contributed by atoms with Crippen molar-refractivity contribution in [3.05, 3.63) is 42.0 Å². The van der Waals surface area contributed by atoms with Crippen LogP contribution in [0.4, 0.5) is 5.82 Å². The van der Waals surface area contributed by atoms with Gasteiger partial charge in [0.1, 0.15) is 17.3 Å². The fourth-order valence-electron chi connectivity index (χ4n) is 1.90. The highest BCUT2D eigenvalue weighted by Crippen LogP contribution is 2.19. The van der Waals surface area contributed by atoms with Gasteiger partial charge < -0.3 is 9.73 Å². The van der Waals surface area contributed by atoms with Crippen LogP contribution in [0.5, 0.6) is 0 Å². The van der Waals surface area contributed by atoms with Gasteiger partial charge in [-0.15, -0.1) is 0 Å². The fourth-order valence-corrected chi connectivity index (χ4v) is 3.13. The molecule has 114 valence electrons. The molecule has 0 amide bonds. The first-order chi connectivity index (χ1) is 9.92. The van der Waals surface area contributed by atoms with Crippen LogP contribution in [0.15, 0.2) is 39.8 Å². The highest BCUT2D eigenvalue weighted by atomic mass is 32.2. The topological polar surface area (TPSA) is 84.2 Å². The molecule has 0 spiro atoms. The minimum Gasteiger partial charge on any atom is -0.465 e. The van der Waals surface area contributed by atoms with Gasteiger partial charge in [-0.05, 0) is 39.0 Å². The van der Waals surface area contributed by atoms with E-state index in [1.165, 1.54) is 18.3 Å². The van der Waals surface area contributed by atoms with Crippen LogP contribution < -0.4 is 10.0 Å². The van der Waals surface area contributed by atoms with Gasteiger partial charge in [0.05, 0.1) is 10.9 Å². The number of hydrogen-bond donors (Lipinski definition) is 2. The highest BCUT2D eigenvalue weighted by molar-refractivity contribution is 7.89. The van der Waals surface area contributed by atoms with Crippen molar-refractivity contribution < 1.29 is 12.8 Å².